The Hall–Kier alpha value is -0.110. The van der Waals surface area contributed by atoms with Crippen molar-refractivity contribution in [3.05, 3.63) is 0 Å². The molecule has 1 rings (SSSR count). The Morgan fingerprint density at radius 3 is 1.35 bits per heavy atom. The van der Waals surface area contributed by atoms with Gasteiger partial charge in [-0.1, -0.05) is 122 Å². The van der Waals surface area contributed by atoms with Crippen molar-refractivity contribution in [1.82, 2.24) is 4.90 Å². The summed E-state index contributed by atoms with van der Waals surface area (Å²) in [7, 11) is 4.36. The third kappa shape index (κ3) is 17.3. The monoisotopic (exact) mass is 371 g/mol. The van der Waals surface area contributed by atoms with Crippen LogP contribution in [0.15, 0.2) is 0 Å². The van der Waals surface area contributed by atoms with Gasteiger partial charge in [0.25, 0.3) is 0 Å². The Morgan fingerprint density at radius 2 is 0.923 bits per heavy atom. The molecule has 0 atom stereocenters. The molecule has 0 saturated heterocycles. The average Bonchev–Trinajstić information content (AvgIpc) is 2.62. The summed E-state index contributed by atoms with van der Waals surface area (Å²) in [6.45, 7) is 1.26. The molecule has 1 saturated carbocycles. The highest BCUT2D eigenvalue weighted by atomic mass is 19.0. The molecule has 0 aliphatic heterocycles. The van der Waals surface area contributed by atoms with Crippen LogP contribution in [0.5, 0.6) is 0 Å². The topological polar surface area (TPSA) is 3.24 Å². The highest BCUT2D eigenvalue weighted by Crippen LogP contribution is 2.28. The lowest BCUT2D eigenvalue weighted by molar-refractivity contribution is 0.328. The largest absolute Gasteiger partial charge is 0.309 e. The van der Waals surface area contributed by atoms with Gasteiger partial charge in [-0.3, -0.25) is 4.70 Å². The minimum absolute atomic E-state index is 0. The van der Waals surface area contributed by atoms with E-state index < -0.39 is 0 Å². The van der Waals surface area contributed by atoms with Crippen molar-refractivity contribution in [2.45, 2.75) is 128 Å². The van der Waals surface area contributed by atoms with E-state index in [1.807, 2.05) is 0 Å². The fraction of sp³-hybridized carbons (Fsp3) is 1.00. The van der Waals surface area contributed by atoms with E-state index in [1.165, 1.54) is 135 Å². The predicted molar refractivity (Wildman–Crippen MR) is 117 cm³/mol. The van der Waals surface area contributed by atoms with Crippen molar-refractivity contribution >= 4 is 0 Å². The summed E-state index contributed by atoms with van der Waals surface area (Å²) in [5, 5.41) is 0. The molecule has 26 heavy (non-hydrogen) atoms. The molecule has 0 unspecified atom stereocenters. The first-order valence-electron chi connectivity index (χ1n) is 11.9. The number of hydrogen-bond acceptors (Lipinski definition) is 1. The van der Waals surface area contributed by atoms with Gasteiger partial charge >= 0.3 is 0 Å². The van der Waals surface area contributed by atoms with E-state index in [-0.39, 0.29) is 4.70 Å². The van der Waals surface area contributed by atoms with Gasteiger partial charge in [-0.15, -0.1) is 0 Å². The lowest BCUT2D eigenvalue weighted by Gasteiger charge is -2.21. The van der Waals surface area contributed by atoms with Gasteiger partial charge in [0, 0.05) is 0 Å². The molecule has 0 heterocycles. The number of nitrogens with zero attached hydrogens (tertiary/aromatic N) is 1. The molecular formula is C24H50FN. The van der Waals surface area contributed by atoms with Crippen LogP contribution in [0, 0.1) is 5.92 Å². The van der Waals surface area contributed by atoms with Gasteiger partial charge in [0.05, 0.1) is 0 Å². The minimum atomic E-state index is 0. The van der Waals surface area contributed by atoms with E-state index in [2.05, 4.69) is 19.0 Å². The Bertz CT molecular complexity index is 261. The number of halogens is 1. The van der Waals surface area contributed by atoms with E-state index in [0.717, 1.165) is 5.92 Å². The first kappa shape index (κ1) is 25.9. The molecule has 0 bridgehead atoms. The molecule has 1 aliphatic rings. The van der Waals surface area contributed by atoms with Crippen molar-refractivity contribution < 1.29 is 4.70 Å². The second kappa shape index (κ2) is 19.6. The zero-order chi connectivity index (χ0) is 18.0. The zero-order valence-electron chi connectivity index (χ0n) is 18.3. The molecule has 158 valence electrons. The van der Waals surface area contributed by atoms with Crippen LogP contribution in [-0.4, -0.2) is 25.5 Å². The van der Waals surface area contributed by atoms with E-state index in [0.29, 0.717) is 0 Å². The van der Waals surface area contributed by atoms with Crippen molar-refractivity contribution in [3.8, 4) is 0 Å². The van der Waals surface area contributed by atoms with E-state index >= 15 is 0 Å². The molecule has 2 heteroatoms. The molecule has 1 fully saturated rings. The van der Waals surface area contributed by atoms with Crippen LogP contribution in [0.25, 0.3) is 0 Å². The molecule has 1 nitrogen and oxygen atoms in total. The Kier molecular flexibility index (Phi) is 19.6. The summed E-state index contributed by atoms with van der Waals surface area (Å²) in [4.78, 5) is 2.30. The van der Waals surface area contributed by atoms with Crippen LogP contribution in [0.1, 0.15) is 128 Å². The van der Waals surface area contributed by atoms with Gasteiger partial charge in [0.1, 0.15) is 0 Å². The summed E-state index contributed by atoms with van der Waals surface area (Å²) in [5.74, 6) is 1.10. The third-order valence-corrected chi connectivity index (χ3v) is 6.19. The summed E-state index contributed by atoms with van der Waals surface area (Å²) in [6.07, 6.45) is 29.8. The SMILES string of the molecule is CN(C)CCCCCCCCCCCCCCCCC1CCCCC1.F. The maximum absolute atomic E-state index is 2.30. The van der Waals surface area contributed by atoms with Crippen molar-refractivity contribution in [1.29, 1.82) is 0 Å². The highest BCUT2D eigenvalue weighted by molar-refractivity contribution is 4.65. The Balaban J connectivity index is 0.00000625. The lowest BCUT2D eigenvalue weighted by Crippen LogP contribution is -2.12. The highest BCUT2D eigenvalue weighted by Gasteiger charge is 2.12. The van der Waals surface area contributed by atoms with Gasteiger partial charge in [0.15, 0.2) is 0 Å². The quantitative estimate of drug-likeness (QED) is 0.233. The summed E-state index contributed by atoms with van der Waals surface area (Å²) < 4.78 is 0. The predicted octanol–water partition coefficient (Wildman–Crippen LogP) is 8.13. The molecule has 0 aromatic heterocycles. The fourth-order valence-electron chi connectivity index (χ4n) is 4.46. The number of rotatable bonds is 17. The van der Waals surface area contributed by atoms with Gasteiger partial charge in [-0.2, -0.15) is 0 Å². The minimum Gasteiger partial charge on any atom is -0.309 e. The maximum atomic E-state index is 2.30. The molecule has 0 N–H and O–H groups in total. The van der Waals surface area contributed by atoms with Gasteiger partial charge < -0.3 is 4.90 Å². The maximum Gasteiger partial charge on any atom is -0.00248 e. The second-order valence-corrected chi connectivity index (χ2v) is 9.05. The lowest BCUT2D eigenvalue weighted by atomic mass is 9.85. The molecule has 0 aromatic rings. The van der Waals surface area contributed by atoms with Crippen molar-refractivity contribution in [2.75, 3.05) is 20.6 Å². The van der Waals surface area contributed by atoms with Gasteiger partial charge in [0.2, 0.25) is 0 Å². The standard InChI is InChI=1S/C24H49N.FH/c1-25(2)23-19-14-12-10-8-6-4-3-5-7-9-11-13-16-20-24-21-17-15-18-22-24;/h24H,3-23H2,1-2H3;1H. The molecule has 0 spiro atoms. The number of hydrogen-bond donors (Lipinski definition) is 0. The Morgan fingerprint density at radius 1 is 0.538 bits per heavy atom. The molecule has 0 aromatic carbocycles. The summed E-state index contributed by atoms with van der Waals surface area (Å²) in [6, 6.07) is 0. The van der Waals surface area contributed by atoms with Crippen LogP contribution >= 0.6 is 0 Å². The van der Waals surface area contributed by atoms with Crippen LogP contribution in [0.4, 0.5) is 4.70 Å². The molecule has 0 amide bonds. The molecular weight excluding hydrogens is 321 g/mol. The normalized spacial score (nSPS) is 15.3. The smallest absolute Gasteiger partial charge is 0.00248 e. The van der Waals surface area contributed by atoms with Crippen LogP contribution in [0.3, 0.4) is 0 Å². The van der Waals surface area contributed by atoms with Crippen LogP contribution < -0.4 is 0 Å². The van der Waals surface area contributed by atoms with Crippen molar-refractivity contribution in [3.63, 3.8) is 0 Å². The van der Waals surface area contributed by atoms with Crippen LogP contribution in [-0.2, 0) is 0 Å². The summed E-state index contributed by atoms with van der Waals surface area (Å²) >= 11 is 0. The fourth-order valence-corrected chi connectivity index (χ4v) is 4.46. The summed E-state index contributed by atoms with van der Waals surface area (Å²) in [5.41, 5.74) is 0. The van der Waals surface area contributed by atoms with Gasteiger partial charge in [-0.05, 0) is 33.0 Å². The third-order valence-electron chi connectivity index (χ3n) is 6.19. The molecule has 0 radical (unpaired) electrons. The van der Waals surface area contributed by atoms with Crippen molar-refractivity contribution in [2.24, 2.45) is 5.92 Å². The second-order valence-electron chi connectivity index (χ2n) is 9.05. The zero-order valence-corrected chi connectivity index (χ0v) is 18.3. The van der Waals surface area contributed by atoms with Gasteiger partial charge in [-0.25, -0.2) is 0 Å². The first-order chi connectivity index (χ1) is 12.3. The van der Waals surface area contributed by atoms with E-state index in [4.69, 9.17) is 0 Å². The molecule has 1 aliphatic carbocycles. The number of unbranched alkanes of at least 4 members (excludes halogenated alkanes) is 13. The van der Waals surface area contributed by atoms with E-state index in [9.17, 15) is 0 Å². The first-order valence-corrected chi connectivity index (χ1v) is 11.9. The Labute approximate surface area is 165 Å². The van der Waals surface area contributed by atoms with E-state index in [1.54, 1.807) is 0 Å². The average molecular weight is 372 g/mol. The van der Waals surface area contributed by atoms with Crippen LogP contribution in [0.2, 0.25) is 0 Å².